The van der Waals surface area contributed by atoms with Crippen LogP contribution in [0.4, 0.5) is 11.4 Å². The lowest BCUT2D eigenvalue weighted by atomic mass is 10.1. The van der Waals surface area contributed by atoms with Gasteiger partial charge in [0, 0.05) is 30.9 Å². The summed E-state index contributed by atoms with van der Waals surface area (Å²) in [5.74, 6) is 0.498. The molecule has 2 aromatic rings. The Morgan fingerprint density at radius 1 is 0.962 bits per heavy atom. The number of ketones is 1. The van der Waals surface area contributed by atoms with E-state index < -0.39 is 0 Å². The van der Waals surface area contributed by atoms with Crippen molar-refractivity contribution in [3.63, 3.8) is 0 Å². The molecule has 0 radical (unpaired) electrons. The van der Waals surface area contributed by atoms with Gasteiger partial charge in [0.25, 0.3) is 0 Å². The van der Waals surface area contributed by atoms with Crippen LogP contribution < -0.4 is 10.6 Å². The molecule has 0 saturated heterocycles. The molecule has 0 unspecified atom stereocenters. The van der Waals surface area contributed by atoms with E-state index in [1.54, 1.807) is 18.2 Å². The van der Waals surface area contributed by atoms with Gasteiger partial charge >= 0.3 is 0 Å². The number of carbonyl (C=O) groups excluding carboxylic acids is 3. The first-order valence-electron chi connectivity index (χ1n) is 8.21. The fraction of sp³-hybridized carbons (Fsp3) is 0.250. The molecule has 2 aromatic carbocycles. The molecule has 0 bridgehead atoms. The van der Waals surface area contributed by atoms with Crippen LogP contribution in [-0.4, -0.2) is 23.4 Å². The van der Waals surface area contributed by atoms with E-state index in [0.717, 1.165) is 5.75 Å². The van der Waals surface area contributed by atoms with Gasteiger partial charge < -0.3 is 10.6 Å². The van der Waals surface area contributed by atoms with Crippen molar-refractivity contribution in [3.8, 4) is 0 Å². The molecule has 0 aliphatic rings. The lowest BCUT2D eigenvalue weighted by molar-refractivity contribution is -0.115. The molecule has 0 atom stereocenters. The van der Waals surface area contributed by atoms with Gasteiger partial charge in [-0.1, -0.05) is 24.3 Å². The molecule has 0 aromatic heterocycles. The Morgan fingerprint density at radius 3 is 2.31 bits per heavy atom. The molecule has 2 N–H and O–H groups in total. The summed E-state index contributed by atoms with van der Waals surface area (Å²) in [4.78, 5) is 35.2. The maximum Gasteiger partial charge on any atom is 0.221 e. The first kappa shape index (κ1) is 19.7. The monoisotopic (exact) mass is 370 g/mol. The molecule has 26 heavy (non-hydrogen) atoms. The Bertz CT molecular complexity index is 834. The number of Topliss-reactive ketones (excluding diaryl/α,β-unsaturated/α-hetero) is 1. The number of benzene rings is 2. The average Bonchev–Trinajstić information content (AvgIpc) is 2.55. The standard InChI is InChI=1S/C20H22N2O3S/c1-13-6-4-5-7-16(13)11-26-12-20(25)18-9-8-17(21-14(2)23)10-19(18)22-15(3)24/h4-10H,11-12H2,1-3H3,(H,21,23)(H,22,24). The van der Waals surface area contributed by atoms with Crippen molar-refractivity contribution in [1.29, 1.82) is 0 Å². The second kappa shape index (κ2) is 9.20. The predicted molar refractivity (Wildman–Crippen MR) is 107 cm³/mol. The third kappa shape index (κ3) is 5.74. The first-order valence-corrected chi connectivity index (χ1v) is 9.37. The normalized spacial score (nSPS) is 10.3. The Kier molecular flexibility index (Phi) is 6.97. The van der Waals surface area contributed by atoms with E-state index in [9.17, 15) is 14.4 Å². The van der Waals surface area contributed by atoms with Crippen molar-refractivity contribution in [2.45, 2.75) is 26.5 Å². The quantitative estimate of drug-likeness (QED) is 0.722. The number of hydrogen-bond acceptors (Lipinski definition) is 4. The van der Waals surface area contributed by atoms with Crippen LogP contribution in [0.3, 0.4) is 0 Å². The lowest BCUT2D eigenvalue weighted by Crippen LogP contribution is -2.14. The molecule has 0 aliphatic carbocycles. The zero-order chi connectivity index (χ0) is 19.1. The summed E-state index contributed by atoms with van der Waals surface area (Å²) in [6, 6.07) is 13.0. The highest BCUT2D eigenvalue weighted by molar-refractivity contribution is 7.99. The van der Waals surface area contributed by atoms with Gasteiger partial charge in [-0.05, 0) is 36.2 Å². The van der Waals surface area contributed by atoms with E-state index in [1.165, 1.54) is 36.7 Å². The predicted octanol–water partition coefficient (Wildman–Crippen LogP) is 4.03. The zero-order valence-electron chi connectivity index (χ0n) is 15.1. The number of hydrogen-bond donors (Lipinski definition) is 2. The van der Waals surface area contributed by atoms with Crippen LogP contribution >= 0.6 is 11.8 Å². The van der Waals surface area contributed by atoms with Crippen molar-refractivity contribution < 1.29 is 14.4 Å². The summed E-state index contributed by atoms with van der Waals surface area (Å²) < 4.78 is 0. The summed E-state index contributed by atoms with van der Waals surface area (Å²) in [5.41, 5.74) is 3.78. The molecule has 2 amide bonds. The van der Waals surface area contributed by atoms with Crippen LogP contribution in [0.25, 0.3) is 0 Å². The Morgan fingerprint density at radius 2 is 1.65 bits per heavy atom. The highest BCUT2D eigenvalue weighted by atomic mass is 32.2. The van der Waals surface area contributed by atoms with Gasteiger partial charge in [0.2, 0.25) is 11.8 Å². The first-order chi connectivity index (χ1) is 12.4. The third-order valence-electron chi connectivity index (χ3n) is 3.70. The Labute approximate surface area is 157 Å². The molecule has 136 valence electrons. The van der Waals surface area contributed by atoms with Crippen LogP contribution in [0.15, 0.2) is 42.5 Å². The molecule has 0 saturated carbocycles. The van der Waals surface area contributed by atoms with Crippen LogP contribution in [0.5, 0.6) is 0 Å². The maximum absolute atomic E-state index is 12.6. The van der Waals surface area contributed by atoms with E-state index in [1.807, 2.05) is 25.1 Å². The molecule has 5 nitrogen and oxygen atoms in total. The topological polar surface area (TPSA) is 75.3 Å². The number of amides is 2. The van der Waals surface area contributed by atoms with E-state index in [0.29, 0.717) is 22.7 Å². The summed E-state index contributed by atoms with van der Waals surface area (Å²) in [6.45, 7) is 4.83. The fourth-order valence-electron chi connectivity index (χ4n) is 2.46. The van der Waals surface area contributed by atoms with Gasteiger partial charge in [-0.2, -0.15) is 0 Å². The van der Waals surface area contributed by atoms with Crippen LogP contribution in [0.1, 0.15) is 35.3 Å². The molecule has 6 heteroatoms. The minimum absolute atomic E-state index is 0.0679. The summed E-state index contributed by atoms with van der Waals surface area (Å²) in [7, 11) is 0. The van der Waals surface area contributed by atoms with E-state index in [-0.39, 0.29) is 17.6 Å². The second-order valence-electron chi connectivity index (χ2n) is 5.97. The number of anilines is 2. The van der Waals surface area contributed by atoms with Crippen molar-refractivity contribution >= 4 is 40.7 Å². The Hall–Kier alpha value is -2.60. The molecular weight excluding hydrogens is 348 g/mol. The maximum atomic E-state index is 12.6. The van der Waals surface area contributed by atoms with Gasteiger partial charge in [-0.25, -0.2) is 0 Å². The molecule has 2 rings (SSSR count). The van der Waals surface area contributed by atoms with Crippen LogP contribution in [0, 0.1) is 6.92 Å². The molecule has 0 aliphatic heterocycles. The number of rotatable bonds is 7. The van der Waals surface area contributed by atoms with Crippen molar-refractivity contribution in [1.82, 2.24) is 0 Å². The second-order valence-corrected chi connectivity index (χ2v) is 6.95. The average molecular weight is 370 g/mol. The van der Waals surface area contributed by atoms with Crippen LogP contribution in [0.2, 0.25) is 0 Å². The molecule has 0 heterocycles. The Balaban J connectivity index is 2.09. The van der Waals surface area contributed by atoms with Gasteiger partial charge in [-0.3, -0.25) is 14.4 Å². The molecular formula is C20H22N2O3S. The summed E-state index contributed by atoms with van der Waals surface area (Å²) >= 11 is 1.53. The van der Waals surface area contributed by atoms with E-state index in [4.69, 9.17) is 0 Å². The highest BCUT2D eigenvalue weighted by Gasteiger charge is 2.14. The van der Waals surface area contributed by atoms with Gasteiger partial charge in [0.15, 0.2) is 5.78 Å². The minimum Gasteiger partial charge on any atom is -0.326 e. The highest BCUT2D eigenvalue weighted by Crippen LogP contribution is 2.24. The van der Waals surface area contributed by atoms with E-state index in [2.05, 4.69) is 16.7 Å². The number of aryl methyl sites for hydroxylation is 1. The zero-order valence-corrected chi connectivity index (χ0v) is 15.9. The molecule has 0 fully saturated rings. The van der Waals surface area contributed by atoms with Crippen molar-refractivity contribution in [2.24, 2.45) is 0 Å². The van der Waals surface area contributed by atoms with E-state index >= 15 is 0 Å². The van der Waals surface area contributed by atoms with Gasteiger partial charge in [0.1, 0.15) is 0 Å². The SMILES string of the molecule is CC(=O)Nc1ccc(C(=O)CSCc2ccccc2C)c(NC(C)=O)c1. The van der Waals surface area contributed by atoms with Gasteiger partial charge in [0.05, 0.1) is 11.4 Å². The summed E-state index contributed by atoms with van der Waals surface area (Å²) in [5, 5.41) is 5.31. The molecule has 0 spiro atoms. The lowest BCUT2D eigenvalue weighted by Gasteiger charge is -2.12. The van der Waals surface area contributed by atoms with Crippen molar-refractivity contribution in [2.75, 3.05) is 16.4 Å². The number of nitrogens with one attached hydrogen (secondary N) is 2. The number of carbonyl (C=O) groups is 3. The summed E-state index contributed by atoms with van der Waals surface area (Å²) in [6.07, 6.45) is 0. The fourth-order valence-corrected chi connectivity index (χ4v) is 3.45. The van der Waals surface area contributed by atoms with Gasteiger partial charge in [-0.15, -0.1) is 11.8 Å². The largest absolute Gasteiger partial charge is 0.326 e. The van der Waals surface area contributed by atoms with Crippen LogP contribution in [-0.2, 0) is 15.3 Å². The number of thioether (sulfide) groups is 1. The third-order valence-corrected chi connectivity index (χ3v) is 4.68. The smallest absolute Gasteiger partial charge is 0.221 e. The van der Waals surface area contributed by atoms with Crippen molar-refractivity contribution in [3.05, 3.63) is 59.2 Å². The minimum atomic E-state index is -0.272.